The summed E-state index contributed by atoms with van der Waals surface area (Å²) in [7, 11) is 0. The van der Waals surface area contributed by atoms with Crippen LogP contribution in [0, 0.1) is 0 Å². The Balaban J connectivity index is 1.40. The zero-order valence-electron chi connectivity index (χ0n) is 14.2. The van der Waals surface area contributed by atoms with Crippen molar-refractivity contribution in [3.8, 4) is 0 Å². The summed E-state index contributed by atoms with van der Waals surface area (Å²) in [6.07, 6.45) is -5.04. The molecule has 2 fully saturated rings. The molecule has 2 aliphatic rings. The van der Waals surface area contributed by atoms with Gasteiger partial charge in [-0.3, -0.25) is 0 Å². The van der Waals surface area contributed by atoms with Gasteiger partial charge in [-0.15, -0.1) is 0 Å². The van der Waals surface area contributed by atoms with E-state index in [9.17, 15) is 10.2 Å². The van der Waals surface area contributed by atoms with E-state index in [0.29, 0.717) is 0 Å². The Morgan fingerprint density at radius 3 is 2.31 bits per heavy atom. The molecule has 0 bridgehead atoms. The monoisotopic (exact) mass is 358 g/mol. The highest BCUT2D eigenvalue weighted by atomic mass is 16.8. The molecule has 2 heterocycles. The Morgan fingerprint density at radius 2 is 1.58 bits per heavy atom. The van der Waals surface area contributed by atoms with Gasteiger partial charge in [-0.2, -0.15) is 0 Å². The fourth-order valence-electron chi connectivity index (χ4n) is 3.25. The van der Waals surface area contributed by atoms with Gasteiger partial charge in [0.25, 0.3) is 0 Å². The number of aliphatic hydroxyl groups excluding tert-OH is 2. The van der Waals surface area contributed by atoms with Gasteiger partial charge in [-0.05, 0) is 5.56 Å². The molecular formula is C20H22O6. The highest BCUT2D eigenvalue weighted by molar-refractivity contribution is 5.17. The lowest BCUT2D eigenvalue weighted by Gasteiger charge is -2.46. The Kier molecular flexibility index (Phi) is 5.31. The van der Waals surface area contributed by atoms with E-state index < -0.39 is 37.0 Å². The summed E-state index contributed by atoms with van der Waals surface area (Å²) in [5.41, 5.74) is 1.82. The van der Waals surface area contributed by atoms with E-state index >= 15 is 0 Å². The predicted molar refractivity (Wildman–Crippen MR) is 91.9 cm³/mol. The van der Waals surface area contributed by atoms with Crippen molar-refractivity contribution >= 4 is 0 Å². The van der Waals surface area contributed by atoms with Gasteiger partial charge in [0.1, 0.15) is 24.4 Å². The molecule has 6 heteroatoms. The summed E-state index contributed by atoms with van der Waals surface area (Å²) in [5, 5.41) is 20.9. The average molecular weight is 358 g/mol. The third kappa shape index (κ3) is 3.66. The number of hydrogen-bond acceptors (Lipinski definition) is 6. The first-order valence-corrected chi connectivity index (χ1v) is 8.71. The number of fused-ring (bicyclic) bond motifs is 1. The third-order valence-corrected chi connectivity index (χ3v) is 4.66. The summed E-state index contributed by atoms with van der Waals surface area (Å²) >= 11 is 0. The molecule has 4 rings (SSSR count). The fraction of sp³-hybridized carbons (Fsp3) is 0.400. The van der Waals surface area contributed by atoms with Crippen LogP contribution in [-0.2, 0) is 25.6 Å². The van der Waals surface area contributed by atoms with Crippen LogP contribution in [0.1, 0.15) is 17.4 Å². The largest absolute Gasteiger partial charge is 0.387 e. The van der Waals surface area contributed by atoms with E-state index in [1.54, 1.807) is 0 Å². The molecule has 0 aromatic heterocycles. The lowest BCUT2D eigenvalue weighted by Crippen LogP contribution is -2.62. The summed E-state index contributed by atoms with van der Waals surface area (Å²) < 4.78 is 23.1. The maximum atomic E-state index is 10.5. The molecule has 0 saturated carbocycles. The molecule has 0 spiro atoms. The van der Waals surface area contributed by atoms with Gasteiger partial charge in [0.15, 0.2) is 12.6 Å². The Bertz CT molecular complexity index is 692. The molecule has 6 atom stereocenters. The lowest BCUT2D eigenvalue weighted by molar-refractivity contribution is -0.362. The number of hydrogen-bond donors (Lipinski definition) is 2. The topological polar surface area (TPSA) is 77.4 Å². The van der Waals surface area contributed by atoms with Gasteiger partial charge in [-0.1, -0.05) is 60.7 Å². The zero-order valence-corrected chi connectivity index (χ0v) is 14.2. The summed E-state index contributed by atoms with van der Waals surface area (Å²) in [6.45, 7) is 0.528. The molecule has 0 unspecified atom stereocenters. The molecule has 2 aliphatic heterocycles. The molecule has 0 aliphatic carbocycles. The van der Waals surface area contributed by atoms with Crippen molar-refractivity contribution in [3.05, 3.63) is 71.8 Å². The normalized spacial score (nSPS) is 34.2. The molecule has 2 saturated heterocycles. The molecule has 2 aromatic carbocycles. The van der Waals surface area contributed by atoms with E-state index in [-0.39, 0.29) is 13.2 Å². The van der Waals surface area contributed by atoms with Crippen LogP contribution in [-0.4, -0.2) is 47.5 Å². The summed E-state index contributed by atoms with van der Waals surface area (Å²) in [5.74, 6) is 0. The van der Waals surface area contributed by atoms with Gasteiger partial charge >= 0.3 is 0 Å². The van der Waals surface area contributed by atoms with Crippen molar-refractivity contribution < 1.29 is 29.2 Å². The second-order valence-electron chi connectivity index (χ2n) is 6.50. The third-order valence-electron chi connectivity index (χ3n) is 4.66. The van der Waals surface area contributed by atoms with Crippen LogP contribution in [0.4, 0.5) is 0 Å². The van der Waals surface area contributed by atoms with Crippen LogP contribution in [0.25, 0.3) is 0 Å². The van der Waals surface area contributed by atoms with Crippen molar-refractivity contribution in [2.45, 2.75) is 43.6 Å². The first kappa shape index (κ1) is 17.6. The zero-order chi connectivity index (χ0) is 17.9. The molecule has 26 heavy (non-hydrogen) atoms. The van der Waals surface area contributed by atoms with Crippen molar-refractivity contribution in [1.82, 2.24) is 0 Å². The van der Waals surface area contributed by atoms with E-state index in [0.717, 1.165) is 11.1 Å². The van der Waals surface area contributed by atoms with Gasteiger partial charge < -0.3 is 29.2 Å². The van der Waals surface area contributed by atoms with E-state index in [4.69, 9.17) is 18.9 Å². The number of benzene rings is 2. The summed E-state index contributed by atoms with van der Waals surface area (Å²) in [6, 6.07) is 19.1. The summed E-state index contributed by atoms with van der Waals surface area (Å²) in [4.78, 5) is 0. The van der Waals surface area contributed by atoms with Gasteiger partial charge in [-0.25, -0.2) is 0 Å². The first-order chi connectivity index (χ1) is 12.7. The second kappa shape index (κ2) is 7.84. The molecule has 0 amide bonds. The standard InChI is InChI=1S/C20H22O6/c21-16-17(22)20(23-11-13-7-3-1-4-8-13)25-15-12-24-19(26-18(15)16)14-9-5-2-6-10-14/h1-10,15-22H,11-12H2/t15-,16+,17+,18+,19-,20+/m0/s1. The van der Waals surface area contributed by atoms with E-state index in [2.05, 4.69) is 0 Å². The maximum Gasteiger partial charge on any atom is 0.187 e. The van der Waals surface area contributed by atoms with Crippen LogP contribution >= 0.6 is 0 Å². The van der Waals surface area contributed by atoms with Gasteiger partial charge in [0.05, 0.1) is 13.2 Å². The molecular weight excluding hydrogens is 336 g/mol. The minimum Gasteiger partial charge on any atom is -0.387 e. The van der Waals surface area contributed by atoms with Crippen molar-refractivity contribution in [2.24, 2.45) is 0 Å². The minimum absolute atomic E-state index is 0.249. The van der Waals surface area contributed by atoms with Crippen LogP contribution in [0.2, 0.25) is 0 Å². The van der Waals surface area contributed by atoms with Gasteiger partial charge in [0.2, 0.25) is 0 Å². The van der Waals surface area contributed by atoms with Crippen LogP contribution < -0.4 is 0 Å². The Hall–Kier alpha value is -1.80. The molecule has 6 nitrogen and oxygen atoms in total. The second-order valence-corrected chi connectivity index (χ2v) is 6.50. The maximum absolute atomic E-state index is 10.5. The SMILES string of the molecule is O[C@@H]1[C@@H](O)[C@H](OCc2ccccc2)O[C@H]2CO[C@H](c3ccccc3)O[C@@H]12. The Morgan fingerprint density at radius 1 is 0.885 bits per heavy atom. The van der Waals surface area contributed by atoms with Crippen molar-refractivity contribution in [1.29, 1.82) is 0 Å². The minimum atomic E-state index is -1.20. The van der Waals surface area contributed by atoms with E-state index in [1.165, 1.54) is 0 Å². The number of rotatable bonds is 4. The lowest BCUT2D eigenvalue weighted by atomic mass is 9.98. The first-order valence-electron chi connectivity index (χ1n) is 8.71. The van der Waals surface area contributed by atoms with Crippen LogP contribution in [0.3, 0.4) is 0 Å². The highest BCUT2D eigenvalue weighted by Crippen LogP contribution is 2.34. The quantitative estimate of drug-likeness (QED) is 0.867. The number of aliphatic hydroxyl groups is 2. The Labute approximate surface area is 151 Å². The van der Waals surface area contributed by atoms with Crippen molar-refractivity contribution in [3.63, 3.8) is 0 Å². The van der Waals surface area contributed by atoms with Crippen molar-refractivity contribution in [2.75, 3.05) is 6.61 Å². The molecule has 0 radical (unpaired) electrons. The average Bonchev–Trinajstić information content (AvgIpc) is 2.71. The molecule has 138 valence electrons. The predicted octanol–water partition coefficient (Wildman–Crippen LogP) is 1.76. The van der Waals surface area contributed by atoms with Crippen LogP contribution in [0.15, 0.2) is 60.7 Å². The van der Waals surface area contributed by atoms with Gasteiger partial charge in [0, 0.05) is 5.56 Å². The smallest absolute Gasteiger partial charge is 0.187 e. The van der Waals surface area contributed by atoms with E-state index in [1.807, 2.05) is 60.7 Å². The fourth-order valence-corrected chi connectivity index (χ4v) is 3.25. The highest BCUT2D eigenvalue weighted by Gasteiger charge is 2.49. The number of ether oxygens (including phenoxy) is 4. The van der Waals surface area contributed by atoms with Crippen LogP contribution in [0.5, 0.6) is 0 Å². The molecule has 2 aromatic rings. The molecule has 2 N–H and O–H groups in total.